The van der Waals surface area contributed by atoms with Crippen molar-refractivity contribution in [1.82, 2.24) is 0 Å². The maximum atomic E-state index is 7.00. The summed E-state index contributed by atoms with van der Waals surface area (Å²) < 4.78 is 9.21. The van der Waals surface area contributed by atoms with Gasteiger partial charge in [-0.3, -0.25) is 0 Å². The van der Waals surface area contributed by atoms with E-state index in [9.17, 15) is 0 Å². The van der Waals surface area contributed by atoms with Crippen LogP contribution >= 0.6 is 0 Å². The average molecular weight is 134 g/mol. The summed E-state index contributed by atoms with van der Waals surface area (Å²) in [6.07, 6.45) is 0.583. The molecule has 0 N–H and O–H groups in total. The molecule has 4 nitrogen and oxygen atoms in total. The number of hydrogen-bond acceptors (Lipinski definition) is 4. The molecule has 2 fully saturated rings. The zero-order valence-electron chi connectivity index (χ0n) is 5.33. The quantitative estimate of drug-likeness (QED) is 0.452. The normalized spacial score (nSPS) is 26.1. The van der Waals surface area contributed by atoms with Crippen molar-refractivity contribution in [2.24, 2.45) is 0 Å². The molecule has 0 radical (unpaired) electrons. The van der Waals surface area contributed by atoms with Gasteiger partial charge in [0.2, 0.25) is 0 Å². The predicted molar refractivity (Wildman–Crippen MR) is 33.0 cm³/mol. The Bertz CT molecular complexity index is 57.2. The van der Waals surface area contributed by atoms with E-state index in [1.54, 1.807) is 0 Å². The van der Waals surface area contributed by atoms with Crippen LogP contribution in [0.1, 0.15) is 6.92 Å². The minimum atomic E-state index is 0.583. The van der Waals surface area contributed by atoms with Crippen LogP contribution in [0.3, 0.4) is 0 Å². The standard InChI is InChI=1S/C3H6O.C2H4O.O2/c1-3-2-4-3;1-2-3-1;1-2/h3H,2H2,1H3;1-2H2;. The molecule has 1 unspecified atom stereocenters. The van der Waals surface area contributed by atoms with Gasteiger partial charge in [-0.25, -0.2) is 0 Å². The highest BCUT2D eigenvalue weighted by Crippen LogP contribution is 2.04. The van der Waals surface area contributed by atoms with Crippen LogP contribution in [-0.4, -0.2) is 25.9 Å². The third-order valence-electron chi connectivity index (χ3n) is 0.704. The van der Waals surface area contributed by atoms with Gasteiger partial charge >= 0.3 is 0 Å². The van der Waals surface area contributed by atoms with E-state index < -0.39 is 0 Å². The first-order valence-electron chi connectivity index (χ1n) is 2.75. The predicted octanol–water partition coefficient (Wildman–Crippen LogP) is 0.489. The summed E-state index contributed by atoms with van der Waals surface area (Å²) in [5, 5.41) is 0. The topological polar surface area (TPSA) is 59.2 Å². The Hall–Kier alpha value is -0.480. The summed E-state index contributed by atoms with van der Waals surface area (Å²) in [5.74, 6) is 0. The fourth-order valence-electron chi connectivity index (χ4n) is 0.0962. The van der Waals surface area contributed by atoms with Crippen molar-refractivity contribution >= 4 is 0 Å². The highest BCUT2D eigenvalue weighted by atomic mass is 16.7. The molecule has 2 saturated heterocycles. The molecule has 2 aliphatic heterocycles. The van der Waals surface area contributed by atoms with Crippen LogP contribution in [-0.2, 0) is 9.47 Å². The molecule has 0 aliphatic carbocycles. The molecule has 2 aliphatic rings. The first-order valence-corrected chi connectivity index (χ1v) is 2.75. The van der Waals surface area contributed by atoms with Gasteiger partial charge in [-0.15, -0.1) is 0 Å². The Kier molecular flexibility index (Phi) is 5.35. The first kappa shape index (κ1) is 8.52. The van der Waals surface area contributed by atoms with E-state index in [0.29, 0.717) is 6.10 Å². The van der Waals surface area contributed by atoms with E-state index >= 15 is 0 Å². The second kappa shape index (κ2) is 5.65. The summed E-state index contributed by atoms with van der Waals surface area (Å²) in [7, 11) is 0. The lowest BCUT2D eigenvalue weighted by Crippen LogP contribution is -1.60. The maximum absolute atomic E-state index is 7.00. The lowest BCUT2D eigenvalue weighted by molar-refractivity contribution is 0.423. The largest absolute Gasteiger partial charge is 0.377 e. The van der Waals surface area contributed by atoms with Gasteiger partial charge in [-0.2, -0.15) is 0 Å². The lowest BCUT2D eigenvalue weighted by atomic mass is 10.6. The monoisotopic (exact) mass is 134 g/mol. The molecule has 0 aromatic carbocycles. The smallest absolute Gasteiger partial charge is 0.0781 e. The van der Waals surface area contributed by atoms with Gasteiger partial charge in [0.25, 0.3) is 0 Å². The summed E-state index contributed by atoms with van der Waals surface area (Å²) in [6.45, 7) is 5.04. The van der Waals surface area contributed by atoms with E-state index in [2.05, 4.69) is 11.7 Å². The van der Waals surface area contributed by atoms with Crippen molar-refractivity contribution < 1.29 is 9.47 Å². The van der Waals surface area contributed by atoms with Crippen molar-refractivity contribution in [2.75, 3.05) is 19.8 Å². The van der Waals surface area contributed by atoms with Gasteiger partial charge in [-0.05, 0) is 6.92 Å². The zero-order valence-corrected chi connectivity index (χ0v) is 5.33. The molecule has 0 bridgehead atoms. The Balaban J connectivity index is 0.000000115. The Morgan fingerprint density at radius 1 is 1.33 bits per heavy atom. The molecule has 0 aromatic heterocycles. The second-order valence-corrected chi connectivity index (χ2v) is 1.76. The molecule has 0 spiro atoms. The molecule has 2 heterocycles. The van der Waals surface area contributed by atoms with E-state index in [1.165, 1.54) is 0 Å². The van der Waals surface area contributed by atoms with Crippen molar-refractivity contribution in [3.63, 3.8) is 0 Å². The fourth-order valence-corrected chi connectivity index (χ4v) is 0.0962. The van der Waals surface area contributed by atoms with E-state index in [1.807, 2.05) is 0 Å². The van der Waals surface area contributed by atoms with Gasteiger partial charge in [0.05, 0.1) is 25.9 Å². The molecule has 2 rings (SSSR count). The van der Waals surface area contributed by atoms with Crippen molar-refractivity contribution in [3.05, 3.63) is 9.93 Å². The SMILES string of the molecule is C1CO1.CC1CO1.O=O. The van der Waals surface area contributed by atoms with Gasteiger partial charge in [0.15, 0.2) is 0 Å². The molecule has 4 heteroatoms. The molecule has 1 atom stereocenters. The number of rotatable bonds is 0. The molecule has 0 saturated carbocycles. The molecule has 54 valence electrons. The summed E-state index contributed by atoms with van der Waals surface area (Å²) in [4.78, 5) is 14.0. The van der Waals surface area contributed by atoms with Crippen molar-refractivity contribution in [1.29, 1.82) is 0 Å². The summed E-state index contributed by atoms with van der Waals surface area (Å²) >= 11 is 0. The number of epoxide rings is 2. The van der Waals surface area contributed by atoms with Crippen LogP contribution in [0.4, 0.5) is 0 Å². The molecular weight excluding hydrogens is 124 g/mol. The second-order valence-electron chi connectivity index (χ2n) is 1.76. The van der Waals surface area contributed by atoms with E-state index in [4.69, 9.17) is 14.7 Å². The molecule has 0 amide bonds. The highest BCUT2D eigenvalue weighted by Gasteiger charge is 2.13. The summed E-state index contributed by atoms with van der Waals surface area (Å²) in [6, 6.07) is 0. The number of ether oxygens (including phenoxy) is 2. The average Bonchev–Trinajstić information content (AvgIpc) is 2.67. The minimum absolute atomic E-state index is 0.583. The Morgan fingerprint density at radius 2 is 1.56 bits per heavy atom. The highest BCUT2D eigenvalue weighted by molar-refractivity contribution is 4.58. The van der Waals surface area contributed by atoms with E-state index in [-0.39, 0.29) is 0 Å². The lowest BCUT2D eigenvalue weighted by Gasteiger charge is -1.50. The Labute approximate surface area is 53.4 Å². The third kappa shape index (κ3) is 18.5. The maximum Gasteiger partial charge on any atom is 0.0781 e. The van der Waals surface area contributed by atoms with Crippen LogP contribution in [0.15, 0.2) is 0 Å². The first-order chi connectivity index (χ1) is 4.39. The minimum Gasteiger partial charge on any atom is -0.377 e. The molecular formula is C5H10O4. The fraction of sp³-hybridized carbons (Fsp3) is 1.00. The van der Waals surface area contributed by atoms with Crippen LogP contribution < -0.4 is 0 Å². The van der Waals surface area contributed by atoms with Crippen LogP contribution in [0.5, 0.6) is 0 Å². The van der Waals surface area contributed by atoms with Crippen LogP contribution in [0, 0.1) is 9.93 Å². The van der Waals surface area contributed by atoms with Crippen molar-refractivity contribution in [2.45, 2.75) is 13.0 Å². The van der Waals surface area contributed by atoms with Crippen molar-refractivity contribution in [3.8, 4) is 0 Å². The zero-order chi connectivity index (χ0) is 7.11. The van der Waals surface area contributed by atoms with Crippen LogP contribution in [0.2, 0.25) is 0 Å². The number of hydrogen-bond donors (Lipinski definition) is 0. The molecule has 0 aromatic rings. The summed E-state index contributed by atoms with van der Waals surface area (Å²) in [5.41, 5.74) is 0. The van der Waals surface area contributed by atoms with Gasteiger partial charge in [0.1, 0.15) is 0 Å². The van der Waals surface area contributed by atoms with Crippen LogP contribution in [0.25, 0.3) is 0 Å². The van der Waals surface area contributed by atoms with E-state index in [0.717, 1.165) is 19.8 Å². The Morgan fingerprint density at radius 3 is 1.56 bits per heavy atom. The van der Waals surface area contributed by atoms with Gasteiger partial charge in [0, 0.05) is 9.93 Å². The van der Waals surface area contributed by atoms with Gasteiger partial charge in [-0.1, -0.05) is 0 Å². The van der Waals surface area contributed by atoms with Gasteiger partial charge < -0.3 is 9.47 Å². The third-order valence-corrected chi connectivity index (χ3v) is 0.704. The molecule has 9 heavy (non-hydrogen) atoms.